The van der Waals surface area contributed by atoms with Crippen molar-refractivity contribution in [2.75, 3.05) is 7.11 Å². The van der Waals surface area contributed by atoms with Crippen LogP contribution in [0.25, 0.3) is 19.5 Å². The summed E-state index contributed by atoms with van der Waals surface area (Å²) in [5, 5.41) is 1.22. The van der Waals surface area contributed by atoms with Gasteiger partial charge in [0.05, 0.1) is 11.8 Å². The summed E-state index contributed by atoms with van der Waals surface area (Å²) >= 11 is 3.22. The number of methoxy groups -OCH3 is 1. The largest absolute Gasteiger partial charge is 0.465 e. The summed E-state index contributed by atoms with van der Waals surface area (Å²) in [5.74, 6) is -0.252. The molecule has 0 fully saturated rings. The molecular weight excluding hydrogens is 240 g/mol. The normalized spacial score (nSPS) is 11.1. The fourth-order valence-corrected chi connectivity index (χ4v) is 4.14. The molecule has 0 radical (unpaired) electrons. The van der Waals surface area contributed by atoms with E-state index in [9.17, 15) is 4.79 Å². The molecule has 3 aromatic rings. The number of rotatable bonds is 1. The van der Waals surface area contributed by atoms with E-state index in [1.807, 2.05) is 18.2 Å². The molecule has 80 valence electrons. The fourth-order valence-electron chi connectivity index (χ4n) is 1.70. The van der Waals surface area contributed by atoms with Crippen LogP contribution in [0.15, 0.2) is 30.3 Å². The average molecular weight is 248 g/mol. The van der Waals surface area contributed by atoms with Gasteiger partial charge in [-0.15, -0.1) is 22.7 Å². The molecule has 0 amide bonds. The van der Waals surface area contributed by atoms with Gasteiger partial charge in [-0.3, -0.25) is 0 Å². The van der Waals surface area contributed by atoms with E-state index in [1.165, 1.54) is 33.2 Å². The van der Waals surface area contributed by atoms with Gasteiger partial charge in [0.2, 0.25) is 0 Å². The van der Waals surface area contributed by atoms with E-state index in [1.54, 1.807) is 11.3 Å². The summed E-state index contributed by atoms with van der Waals surface area (Å²) in [4.78, 5) is 12.1. The third-order valence-electron chi connectivity index (χ3n) is 2.44. The lowest BCUT2D eigenvalue weighted by molar-refractivity contribution is 0.0606. The van der Waals surface area contributed by atoms with Crippen molar-refractivity contribution in [2.24, 2.45) is 0 Å². The van der Waals surface area contributed by atoms with Crippen LogP contribution in [0.5, 0.6) is 0 Å². The minimum atomic E-state index is -0.252. The van der Waals surface area contributed by atoms with Crippen LogP contribution in [0.2, 0.25) is 0 Å². The molecule has 0 atom stereocenters. The number of thiophene rings is 2. The monoisotopic (exact) mass is 248 g/mol. The predicted molar refractivity (Wildman–Crippen MR) is 68.5 cm³/mol. The predicted octanol–water partition coefficient (Wildman–Crippen LogP) is 3.90. The number of ether oxygens (including phenoxy) is 1. The second-order valence-electron chi connectivity index (χ2n) is 3.39. The van der Waals surface area contributed by atoms with Gasteiger partial charge in [-0.05, 0) is 12.1 Å². The number of fused-ring (bicyclic) bond motifs is 3. The topological polar surface area (TPSA) is 26.3 Å². The third kappa shape index (κ3) is 1.34. The number of esters is 1. The van der Waals surface area contributed by atoms with E-state index in [4.69, 9.17) is 4.74 Å². The smallest absolute Gasteiger partial charge is 0.348 e. The second-order valence-corrected chi connectivity index (χ2v) is 5.53. The molecular formula is C12H8O2S2. The molecule has 0 saturated heterocycles. The minimum Gasteiger partial charge on any atom is -0.465 e. The molecule has 1 aromatic carbocycles. The first-order valence-corrected chi connectivity index (χ1v) is 6.42. The van der Waals surface area contributed by atoms with Gasteiger partial charge in [-0.1, -0.05) is 18.2 Å². The van der Waals surface area contributed by atoms with Crippen LogP contribution in [-0.4, -0.2) is 13.1 Å². The van der Waals surface area contributed by atoms with Gasteiger partial charge in [0.1, 0.15) is 4.88 Å². The standard InChI is InChI=1S/C12H8O2S2/c1-14-12(13)10-6-9-11(16-10)7-4-2-3-5-8(7)15-9/h2-6H,1H3. The maximum Gasteiger partial charge on any atom is 0.348 e. The van der Waals surface area contributed by atoms with Gasteiger partial charge in [0.15, 0.2) is 0 Å². The Morgan fingerprint density at radius 2 is 2.00 bits per heavy atom. The van der Waals surface area contributed by atoms with Crippen LogP contribution >= 0.6 is 22.7 Å². The van der Waals surface area contributed by atoms with Crippen LogP contribution in [0.3, 0.4) is 0 Å². The molecule has 2 heterocycles. The van der Waals surface area contributed by atoms with Crippen molar-refractivity contribution in [2.45, 2.75) is 0 Å². The lowest BCUT2D eigenvalue weighted by Crippen LogP contribution is -1.96. The van der Waals surface area contributed by atoms with Crippen molar-refractivity contribution in [1.29, 1.82) is 0 Å². The SMILES string of the molecule is COC(=O)c1cc2sc3ccccc3c2s1. The van der Waals surface area contributed by atoms with E-state index in [2.05, 4.69) is 12.1 Å². The molecule has 2 aromatic heterocycles. The lowest BCUT2D eigenvalue weighted by atomic mass is 10.2. The van der Waals surface area contributed by atoms with E-state index in [-0.39, 0.29) is 5.97 Å². The first-order chi connectivity index (χ1) is 7.79. The molecule has 0 aliphatic carbocycles. The maximum atomic E-state index is 11.4. The molecule has 0 unspecified atom stereocenters. The number of carbonyl (C=O) groups is 1. The second kappa shape index (κ2) is 3.57. The van der Waals surface area contributed by atoms with Crippen LogP contribution in [-0.2, 0) is 4.74 Å². The summed E-state index contributed by atoms with van der Waals surface area (Å²) < 4.78 is 8.33. The Morgan fingerprint density at radius 1 is 1.19 bits per heavy atom. The zero-order valence-corrected chi connectivity index (χ0v) is 10.2. The molecule has 0 aliphatic rings. The number of hydrogen-bond donors (Lipinski definition) is 0. The molecule has 0 aliphatic heterocycles. The van der Waals surface area contributed by atoms with E-state index in [0.29, 0.717) is 4.88 Å². The van der Waals surface area contributed by atoms with Gasteiger partial charge in [-0.2, -0.15) is 0 Å². The van der Waals surface area contributed by atoms with E-state index in [0.717, 1.165) is 4.70 Å². The summed E-state index contributed by atoms with van der Waals surface area (Å²) in [7, 11) is 1.41. The molecule has 0 spiro atoms. The highest BCUT2D eigenvalue weighted by atomic mass is 32.1. The molecule has 0 saturated carbocycles. The molecule has 2 nitrogen and oxygen atoms in total. The van der Waals surface area contributed by atoms with Gasteiger partial charge < -0.3 is 4.74 Å². The van der Waals surface area contributed by atoms with Crippen molar-refractivity contribution in [1.82, 2.24) is 0 Å². The molecule has 3 rings (SSSR count). The summed E-state index contributed by atoms with van der Waals surface area (Å²) in [5.41, 5.74) is 0. The average Bonchev–Trinajstić information content (AvgIpc) is 2.85. The van der Waals surface area contributed by atoms with Crippen LogP contribution in [0, 0.1) is 0 Å². The van der Waals surface area contributed by atoms with Crippen molar-refractivity contribution >= 4 is 48.1 Å². The Kier molecular flexibility index (Phi) is 2.19. The Morgan fingerprint density at radius 3 is 2.81 bits per heavy atom. The zero-order valence-electron chi connectivity index (χ0n) is 8.52. The first kappa shape index (κ1) is 9.81. The van der Waals surface area contributed by atoms with E-state index < -0.39 is 0 Å². The fraction of sp³-hybridized carbons (Fsp3) is 0.0833. The highest BCUT2D eigenvalue weighted by molar-refractivity contribution is 7.33. The Labute approximate surface area is 100 Å². The van der Waals surface area contributed by atoms with Gasteiger partial charge in [0, 0.05) is 14.8 Å². The van der Waals surface area contributed by atoms with Gasteiger partial charge in [0.25, 0.3) is 0 Å². The van der Waals surface area contributed by atoms with Crippen LogP contribution in [0.1, 0.15) is 9.67 Å². The number of benzene rings is 1. The highest BCUT2D eigenvalue weighted by Crippen LogP contribution is 2.39. The molecule has 16 heavy (non-hydrogen) atoms. The summed E-state index contributed by atoms with van der Waals surface area (Å²) in [6.07, 6.45) is 0. The van der Waals surface area contributed by atoms with Gasteiger partial charge in [-0.25, -0.2) is 4.79 Å². The first-order valence-electron chi connectivity index (χ1n) is 4.79. The molecule has 0 bridgehead atoms. The molecule has 0 N–H and O–H groups in total. The number of hydrogen-bond acceptors (Lipinski definition) is 4. The quantitative estimate of drug-likeness (QED) is 0.610. The minimum absolute atomic E-state index is 0.252. The van der Waals surface area contributed by atoms with Crippen molar-refractivity contribution < 1.29 is 9.53 Å². The maximum absolute atomic E-state index is 11.4. The summed E-state index contributed by atoms with van der Waals surface area (Å²) in [6, 6.07) is 10.2. The zero-order chi connectivity index (χ0) is 11.1. The summed E-state index contributed by atoms with van der Waals surface area (Å²) in [6.45, 7) is 0. The Hall–Kier alpha value is -1.39. The Balaban J connectivity index is 2.30. The van der Waals surface area contributed by atoms with Crippen molar-refractivity contribution in [3.8, 4) is 0 Å². The van der Waals surface area contributed by atoms with Gasteiger partial charge >= 0.3 is 5.97 Å². The van der Waals surface area contributed by atoms with Crippen molar-refractivity contribution in [3.63, 3.8) is 0 Å². The third-order valence-corrected chi connectivity index (χ3v) is 4.83. The van der Waals surface area contributed by atoms with Crippen molar-refractivity contribution in [3.05, 3.63) is 35.2 Å². The molecule has 4 heteroatoms. The lowest BCUT2D eigenvalue weighted by Gasteiger charge is -1.92. The highest BCUT2D eigenvalue weighted by Gasteiger charge is 2.13. The van der Waals surface area contributed by atoms with E-state index >= 15 is 0 Å². The van der Waals surface area contributed by atoms with Crippen LogP contribution < -0.4 is 0 Å². The Bertz CT molecular complexity index is 679. The van der Waals surface area contributed by atoms with Crippen LogP contribution in [0.4, 0.5) is 0 Å². The number of carbonyl (C=O) groups excluding carboxylic acids is 1.